The molecule has 0 aliphatic carbocycles. The van der Waals surface area contributed by atoms with Crippen LogP contribution in [0, 0.1) is 0 Å². The van der Waals surface area contributed by atoms with Gasteiger partial charge in [-0.1, -0.05) is 0 Å². The van der Waals surface area contributed by atoms with E-state index in [4.69, 9.17) is 9.47 Å². The molecule has 4 amide bonds. The second-order valence-corrected chi connectivity index (χ2v) is 6.92. The molecule has 0 radical (unpaired) electrons. The van der Waals surface area contributed by atoms with E-state index in [0.717, 1.165) is 0 Å². The van der Waals surface area contributed by atoms with Crippen molar-refractivity contribution in [3.8, 4) is 0 Å². The van der Waals surface area contributed by atoms with Gasteiger partial charge in [0.1, 0.15) is 24.3 Å². The van der Waals surface area contributed by atoms with E-state index < -0.39 is 48.3 Å². The van der Waals surface area contributed by atoms with Gasteiger partial charge in [-0.05, 0) is 41.5 Å². The van der Waals surface area contributed by atoms with E-state index in [2.05, 4.69) is 0 Å². The summed E-state index contributed by atoms with van der Waals surface area (Å²) in [6.45, 7) is 8.78. The molecule has 0 N–H and O–H groups in total. The van der Waals surface area contributed by atoms with Crippen molar-refractivity contribution in [2.24, 2.45) is 0 Å². The van der Waals surface area contributed by atoms with Crippen LogP contribution in [0.1, 0.15) is 41.5 Å². The number of piperazine rings is 1. The first-order valence-electron chi connectivity index (χ1n) is 6.87. The van der Waals surface area contributed by atoms with Gasteiger partial charge in [-0.15, -0.1) is 0 Å². The highest BCUT2D eigenvalue weighted by atomic mass is 16.6. The zero-order valence-electron chi connectivity index (χ0n) is 13.8. The van der Waals surface area contributed by atoms with E-state index in [9.17, 15) is 19.2 Å². The van der Waals surface area contributed by atoms with Crippen LogP contribution in [0.2, 0.25) is 0 Å². The van der Waals surface area contributed by atoms with Crippen LogP contribution < -0.4 is 0 Å². The van der Waals surface area contributed by atoms with Gasteiger partial charge >= 0.3 is 12.2 Å². The minimum atomic E-state index is -0.908. The Morgan fingerprint density at radius 1 is 0.773 bits per heavy atom. The quantitative estimate of drug-likeness (QED) is 0.673. The highest BCUT2D eigenvalue weighted by Gasteiger charge is 2.40. The predicted molar refractivity (Wildman–Crippen MR) is 75.9 cm³/mol. The fraction of sp³-hybridized carbons (Fsp3) is 0.714. The van der Waals surface area contributed by atoms with Gasteiger partial charge < -0.3 is 9.47 Å². The van der Waals surface area contributed by atoms with E-state index in [1.165, 1.54) is 0 Å². The summed E-state index contributed by atoms with van der Waals surface area (Å²) in [4.78, 5) is 49.1. The first-order valence-corrected chi connectivity index (χ1v) is 6.87. The number of carbonyl (C=O) groups excluding carboxylic acids is 4. The van der Waals surface area contributed by atoms with Gasteiger partial charge in [0.05, 0.1) is 0 Å². The topological polar surface area (TPSA) is 93.2 Å². The second kappa shape index (κ2) is 5.94. The molecule has 0 atom stereocenters. The fourth-order valence-corrected chi connectivity index (χ4v) is 1.58. The Labute approximate surface area is 129 Å². The van der Waals surface area contributed by atoms with E-state index >= 15 is 0 Å². The van der Waals surface area contributed by atoms with Crippen LogP contribution in [0.25, 0.3) is 0 Å². The zero-order chi connectivity index (χ0) is 17.3. The minimum Gasteiger partial charge on any atom is -0.443 e. The van der Waals surface area contributed by atoms with E-state index in [1.807, 2.05) is 0 Å². The summed E-state index contributed by atoms with van der Waals surface area (Å²) in [5.74, 6) is -1.39. The lowest BCUT2D eigenvalue weighted by atomic mass is 10.2. The molecule has 124 valence electrons. The molecule has 0 aromatic heterocycles. The third-order valence-electron chi connectivity index (χ3n) is 2.42. The average Bonchev–Trinajstić information content (AvgIpc) is 2.26. The normalized spacial score (nSPS) is 16.6. The van der Waals surface area contributed by atoms with E-state index in [-0.39, 0.29) is 0 Å². The van der Waals surface area contributed by atoms with Crippen molar-refractivity contribution in [1.82, 2.24) is 9.80 Å². The van der Waals surface area contributed by atoms with E-state index in [1.54, 1.807) is 41.5 Å². The first kappa shape index (κ1) is 17.9. The molecule has 0 aromatic carbocycles. The second-order valence-electron chi connectivity index (χ2n) is 6.92. The van der Waals surface area contributed by atoms with Crippen LogP contribution in [0.3, 0.4) is 0 Å². The summed E-state index contributed by atoms with van der Waals surface area (Å²) >= 11 is 0. The number of ether oxygens (including phenoxy) is 2. The van der Waals surface area contributed by atoms with Crippen LogP contribution in [0.15, 0.2) is 0 Å². The van der Waals surface area contributed by atoms with Crippen LogP contribution in [0.5, 0.6) is 0 Å². The zero-order valence-corrected chi connectivity index (χ0v) is 13.8. The molecule has 1 aliphatic rings. The lowest BCUT2D eigenvalue weighted by molar-refractivity contribution is -0.148. The van der Waals surface area contributed by atoms with Crippen molar-refractivity contribution in [3.05, 3.63) is 0 Å². The fourth-order valence-electron chi connectivity index (χ4n) is 1.58. The molecule has 8 nitrogen and oxygen atoms in total. The SMILES string of the molecule is CC(C)(C)OC(=O)N1CC(=O)N(C(=O)OC(C)(C)C)CC1=O. The Morgan fingerprint density at radius 3 is 1.27 bits per heavy atom. The number of hydrogen-bond donors (Lipinski definition) is 0. The Morgan fingerprint density at radius 2 is 1.05 bits per heavy atom. The summed E-state index contributed by atoms with van der Waals surface area (Å²) in [5, 5.41) is 0. The molecular formula is C14H22N2O6. The maximum absolute atomic E-state index is 12.0. The van der Waals surface area contributed by atoms with Crippen LogP contribution in [0.4, 0.5) is 9.59 Å². The molecule has 22 heavy (non-hydrogen) atoms. The summed E-state index contributed by atoms with van der Waals surface area (Å²) < 4.78 is 10.1. The molecular weight excluding hydrogens is 292 g/mol. The Kier molecular flexibility index (Phi) is 4.84. The molecule has 1 rings (SSSR count). The van der Waals surface area contributed by atoms with Gasteiger partial charge in [0.2, 0.25) is 0 Å². The third kappa shape index (κ3) is 5.01. The highest BCUT2D eigenvalue weighted by molar-refractivity contribution is 6.06. The summed E-state index contributed by atoms with van der Waals surface area (Å²) in [5.41, 5.74) is -1.58. The standard InChI is InChI=1S/C14H22N2O6/c1-13(2,3)21-11(19)15-7-10(18)16(8-9(15)17)12(20)22-14(4,5)6/h7-8H2,1-6H3. The summed E-state index contributed by atoms with van der Waals surface area (Å²) in [6, 6.07) is 0. The number of imide groups is 2. The van der Waals surface area contributed by atoms with Gasteiger partial charge in [-0.25, -0.2) is 19.4 Å². The summed E-state index contributed by atoms with van der Waals surface area (Å²) in [7, 11) is 0. The molecule has 0 spiro atoms. The number of rotatable bonds is 0. The van der Waals surface area contributed by atoms with Crippen LogP contribution in [-0.4, -0.2) is 58.1 Å². The maximum atomic E-state index is 12.0. The molecule has 0 aromatic rings. The van der Waals surface area contributed by atoms with Crippen LogP contribution in [-0.2, 0) is 19.1 Å². The van der Waals surface area contributed by atoms with Gasteiger partial charge in [-0.2, -0.15) is 0 Å². The monoisotopic (exact) mass is 314 g/mol. The van der Waals surface area contributed by atoms with Gasteiger partial charge in [-0.3, -0.25) is 9.59 Å². The minimum absolute atomic E-state index is 0.549. The largest absolute Gasteiger partial charge is 0.443 e. The smallest absolute Gasteiger partial charge is 0.417 e. The van der Waals surface area contributed by atoms with Crippen molar-refractivity contribution in [2.45, 2.75) is 52.7 Å². The van der Waals surface area contributed by atoms with Gasteiger partial charge in [0, 0.05) is 0 Å². The molecule has 1 saturated heterocycles. The Balaban J connectivity index is 2.77. The maximum Gasteiger partial charge on any atom is 0.417 e. The van der Waals surface area contributed by atoms with Crippen molar-refractivity contribution in [1.29, 1.82) is 0 Å². The molecule has 8 heteroatoms. The van der Waals surface area contributed by atoms with E-state index in [0.29, 0.717) is 9.80 Å². The molecule has 1 heterocycles. The lowest BCUT2D eigenvalue weighted by Gasteiger charge is -2.33. The third-order valence-corrected chi connectivity index (χ3v) is 2.42. The predicted octanol–water partition coefficient (Wildman–Crippen LogP) is 1.53. The number of hydrogen-bond acceptors (Lipinski definition) is 6. The molecule has 1 fully saturated rings. The Bertz CT molecular complexity index is 454. The van der Waals surface area contributed by atoms with Crippen molar-refractivity contribution in [3.63, 3.8) is 0 Å². The van der Waals surface area contributed by atoms with Gasteiger partial charge in [0.15, 0.2) is 0 Å². The lowest BCUT2D eigenvalue weighted by Crippen LogP contribution is -2.58. The number of carbonyl (C=O) groups is 4. The average molecular weight is 314 g/mol. The molecule has 0 unspecified atom stereocenters. The Hall–Kier alpha value is -2.12. The van der Waals surface area contributed by atoms with Gasteiger partial charge in [0.25, 0.3) is 11.8 Å². The van der Waals surface area contributed by atoms with Crippen molar-refractivity contribution in [2.75, 3.05) is 13.1 Å². The highest BCUT2D eigenvalue weighted by Crippen LogP contribution is 2.16. The molecule has 1 aliphatic heterocycles. The summed E-state index contributed by atoms with van der Waals surface area (Å²) in [6.07, 6.45) is -1.82. The van der Waals surface area contributed by atoms with Crippen molar-refractivity contribution >= 4 is 24.0 Å². The number of amides is 4. The molecule has 0 saturated carbocycles. The van der Waals surface area contributed by atoms with Crippen LogP contribution >= 0.6 is 0 Å². The molecule has 0 bridgehead atoms. The first-order chi connectivity index (χ1) is 9.80. The van der Waals surface area contributed by atoms with Crippen molar-refractivity contribution < 1.29 is 28.7 Å². The number of nitrogens with zero attached hydrogens (tertiary/aromatic N) is 2.